The Morgan fingerprint density at radius 3 is 1.77 bits per heavy atom. The predicted molar refractivity (Wildman–Crippen MR) is 204 cm³/mol. The fraction of sp³-hybridized carbons (Fsp3) is 0.333. The topological polar surface area (TPSA) is 87.6 Å². The predicted octanol–water partition coefficient (Wildman–Crippen LogP) is 7.84. The van der Waals surface area contributed by atoms with Gasteiger partial charge < -0.3 is 33.3 Å². The lowest BCUT2D eigenvalue weighted by atomic mass is 9.99. The van der Waals surface area contributed by atoms with E-state index in [0.29, 0.717) is 40.5 Å². The Labute approximate surface area is 306 Å². The summed E-state index contributed by atoms with van der Waals surface area (Å²) in [5, 5.41) is 0. The van der Waals surface area contributed by atoms with E-state index in [0.717, 1.165) is 67.0 Å². The minimum atomic E-state index is 0.371. The summed E-state index contributed by atoms with van der Waals surface area (Å²) in [7, 11) is 9.73. The normalized spacial score (nSPS) is 13.4. The van der Waals surface area contributed by atoms with Gasteiger partial charge in [-0.05, 0) is 91.1 Å². The molecule has 0 unspecified atom stereocenters. The molecule has 1 fully saturated rings. The summed E-state index contributed by atoms with van der Waals surface area (Å²) in [5.41, 5.74) is 8.50. The van der Waals surface area contributed by atoms with E-state index in [-0.39, 0.29) is 0 Å². The summed E-state index contributed by atoms with van der Waals surface area (Å²) in [6.45, 7) is 5.68. The highest BCUT2D eigenvalue weighted by molar-refractivity contribution is 5.71. The van der Waals surface area contributed by atoms with E-state index in [1.165, 1.54) is 16.8 Å². The number of rotatable bonds is 14. The van der Waals surface area contributed by atoms with Gasteiger partial charge in [0.25, 0.3) is 0 Å². The molecule has 272 valence electrons. The van der Waals surface area contributed by atoms with Gasteiger partial charge in [-0.25, -0.2) is 0 Å². The van der Waals surface area contributed by atoms with Crippen molar-refractivity contribution < 1.29 is 28.4 Å². The number of benzene rings is 3. The zero-order valence-corrected chi connectivity index (χ0v) is 31.1. The van der Waals surface area contributed by atoms with Gasteiger partial charge in [-0.1, -0.05) is 17.7 Å². The zero-order chi connectivity index (χ0) is 36.6. The van der Waals surface area contributed by atoms with Crippen LogP contribution in [0.3, 0.4) is 0 Å². The largest absolute Gasteiger partial charge is 0.493 e. The first-order valence-corrected chi connectivity index (χ1v) is 17.4. The summed E-state index contributed by atoms with van der Waals surface area (Å²) >= 11 is 0. The average molecular weight is 705 g/mol. The van der Waals surface area contributed by atoms with Crippen LogP contribution >= 0.6 is 0 Å². The molecular formula is C42H48N4O6. The summed E-state index contributed by atoms with van der Waals surface area (Å²) in [6, 6.07) is 23.5. The van der Waals surface area contributed by atoms with E-state index in [1.807, 2.05) is 42.9 Å². The van der Waals surface area contributed by atoms with Crippen molar-refractivity contribution >= 4 is 5.69 Å². The number of piperidine rings is 1. The minimum Gasteiger partial charge on any atom is -0.493 e. The molecule has 2 aromatic heterocycles. The molecule has 10 nitrogen and oxygen atoms in total. The molecule has 5 aromatic rings. The van der Waals surface area contributed by atoms with Crippen molar-refractivity contribution in [2.45, 2.75) is 38.9 Å². The van der Waals surface area contributed by atoms with Crippen LogP contribution in [0.4, 0.5) is 5.69 Å². The number of hydrogen-bond acceptors (Lipinski definition) is 10. The second-order valence-corrected chi connectivity index (χ2v) is 12.9. The second-order valence-electron chi connectivity index (χ2n) is 12.9. The average Bonchev–Trinajstić information content (AvgIpc) is 3.19. The third-order valence-electron chi connectivity index (χ3n) is 9.70. The minimum absolute atomic E-state index is 0.371. The highest BCUT2D eigenvalue weighted by Crippen LogP contribution is 2.42. The molecule has 0 amide bonds. The molecule has 0 atom stereocenters. The molecule has 0 bridgehead atoms. The number of anilines is 1. The summed E-state index contributed by atoms with van der Waals surface area (Å²) in [5.74, 6) is 3.56. The van der Waals surface area contributed by atoms with Crippen molar-refractivity contribution in [3.05, 3.63) is 102 Å². The number of aryl methyl sites for hydroxylation is 1. The number of pyridine rings is 2. The van der Waals surface area contributed by atoms with Gasteiger partial charge in [0.2, 0.25) is 11.5 Å². The molecule has 0 radical (unpaired) electrons. The van der Waals surface area contributed by atoms with E-state index in [4.69, 9.17) is 28.4 Å². The molecule has 52 heavy (non-hydrogen) atoms. The molecule has 0 spiro atoms. The molecule has 10 heteroatoms. The molecule has 1 saturated heterocycles. The van der Waals surface area contributed by atoms with Crippen LogP contribution in [0.5, 0.6) is 34.5 Å². The van der Waals surface area contributed by atoms with Crippen LogP contribution in [0.25, 0.3) is 22.4 Å². The fourth-order valence-electron chi connectivity index (χ4n) is 6.95. The van der Waals surface area contributed by atoms with Crippen LogP contribution in [0.2, 0.25) is 0 Å². The van der Waals surface area contributed by atoms with Gasteiger partial charge >= 0.3 is 0 Å². The molecule has 6 rings (SSSR count). The molecule has 3 aromatic carbocycles. The van der Waals surface area contributed by atoms with Gasteiger partial charge in [0.1, 0.15) is 0 Å². The van der Waals surface area contributed by atoms with Crippen molar-refractivity contribution in [1.82, 2.24) is 14.9 Å². The lowest BCUT2D eigenvalue weighted by Gasteiger charge is -2.40. The van der Waals surface area contributed by atoms with E-state index < -0.39 is 0 Å². The van der Waals surface area contributed by atoms with Gasteiger partial charge in [0.15, 0.2) is 23.0 Å². The highest BCUT2D eigenvalue weighted by Gasteiger charge is 2.26. The van der Waals surface area contributed by atoms with Gasteiger partial charge in [-0.15, -0.1) is 0 Å². The molecule has 1 aliphatic heterocycles. The number of nitrogens with zero attached hydrogens (tertiary/aromatic N) is 4. The van der Waals surface area contributed by atoms with Crippen molar-refractivity contribution in [1.29, 1.82) is 0 Å². The zero-order valence-electron chi connectivity index (χ0n) is 31.1. The van der Waals surface area contributed by atoms with Crippen LogP contribution in [0.1, 0.15) is 29.5 Å². The maximum absolute atomic E-state index is 5.63. The number of likely N-dealkylation sites (tertiary alicyclic amines) is 1. The smallest absolute Gasteiger partial charge is 0.203 e. The van der Waals surface area contributed by atoms with Gasteiger partial charge in [0.05, 0.1) is 48.4 Å². The van der Waals surface area contributed by atoms with E-state index in [2.05, 4.69) is 69.2 Å². The molecule has 0 saturated carbocycles. The number of methoxy groups -OCH3 is 6. The Bertz CT molecular complexity index is 1910. The maximum atomic E-state index is 5.63. The fourth-order valence-corrected chi connectivity index (χ4v) is 6.95. The van der Waals surface area contributed by atoms with E-state index in [9.17, 15) is 0 Å². The summed E-state index contributed by atoms with van der Waals surface area (Å²) in [6.07, 6.45) is 7.80. The first-order valence-electron chi connectivity index (χ1n) is 17.4. The molecular weight excluding hydrogens is 656 g/mol. The number of aromatic nitrogens is 2. The third kappa shape index (κ3) is 8.02. The quantitative estimate of drug-likeness (QED) is 0.114. The van der Waals surface area contributed by atoms with Gasteiger partial charge in [0, 0.05) is 67.6 Å². The Morgan fingerprint density at radius 1 is 0.635 bits per heavy atom. The molecule has 0 N–H and O–H groups in total. The van der Waals surface area contributed by atoms with Gasteiger partial charge in [-0.3, -0.25) is 14.9 Å². The Balaban J connectivity index is 1.19. The monoisotopic (exact) mass is 704 g/mol. The van der Waals surface area contributed by atoms with Crippen LogP contribution in [0.15, 0.2) is 85.3 Å². The van der Waals surface area contributed by atoms with Crippen molar-refractivity contribution in [3.63, 3.8) is 0 Å². The summed E-state index contributed by atoms with van der Waals surface area (Å²) < 4.78 is 33.5. The van der Waals surface area contributed by atoms with Crippen LogP contribution < -0.4 is 33.3 Å². The van der Waals surface area contributed by atoms with Crippen LogP contribution in [-0.4, -0.2) is 76.7 Å². The third-order valence-corrected chi connectivity index (χ3v) is 9.70. The lowest BCUT2D eigenvalue weighted by molar-refractivity contribution is 0.201. The highest BCUT2D eigenvalue weighted by atomic mass is 16.5. The van der Waals surface area contributed by atoms with E-state index in [1.54, 1.807) is 42.7 Å². The maximum Gasteiger partial charge on any atom is 0.203 e. The van der Waals surface area contributed by atoms with Crippen molar-refractivity contribution in [2.24, 2.45) is 0 Å². The van der Waals surface area contributed by atoms with Crippen molar-refractivity contribution in [2.75, 3.05) is 60.6 Å². The van der Waals surface area contributed by atoms with Crippen LogP contribution in [-0.2, 0) is 13.1 Å². The molecule has 1 aliphatic rings. The van der Waals surface area contributed by atoms with Gasteiger partial charge in [-0.2, -0.15) is 0 Å². The first kappa shape index (κ1) is 36.3. The lowest BCUT2D eigenvalue weighted by Crippen LogP contribution is -2.44. The summed E-state index contributed by atoms with van der Waals surface area (Å²) in [4.78, 5) is 14.4. The standard InChI is InChI=1S/C42H48N4O6/c1-28-8-10-34(11-9-28)46(27-30-18-33(25-43-24-30)31-20-37(47-2)41(51-6)38(21-31)48-3)35-13-16-45(17-14-35)26-29-12-15-44-36(19-29)32-22-39(49-4)42(52-7)40(23-32)50-5/h8-12,15,18-25,35H,13-14,16-17,26-27H2,1-7H3. The Hall–Kier alpha value is -5.48. The van der Waals surface area contributed by atoms with Crippen LogP contribution in [0, 0.1) is 6.92 Å². The number of hydrogen-bond donors (Lipinski definition) is 0. The second kappa shape index (κ2) is 16.7. The molecule has 3 heterocycles. The SMILES string of the molecule is COc1cc(-c2cncc(CN(c3ccc(C)cc3)C3CCN(Cc4ccnc(-c5cc(OC)c(OC)c(OC)c5)c4)CC3)c2)cc(OC)c1OC. The number of ether oxygens (including phenoxy) is 6. The van der Waals surface area contributed by atoms with Crippen molar-refractivity contribution in [3.8, 4) is 56.9 Å². The molecule has 0 aliphatic carbocycles. The Morgan fingerprint density at radius 2 is 1.21 bits per heavy atom. The first-order chi connectivity index (χ1) is 25.4. The Kier molecular flexibility index (Phi) is 11.7. The van der Waals surface area contributed by atoms with E-state index >= 15 is 0 Å².